The number of halogens is 2. The van der Waals surface area contributed by atoms with Crippen LogP contribution in [-0.2, 0) is 16.1 Å². The van der Waals surface area contributed by atoms with Gasteiger partial charge < -0.3 is 19.7 Å². The maximum absolute atomic E-state index is 14.1. The molecule has 1 heterocycles. The van der Waals surface area contributed by atoms with Crippen molar-refractivity contribution in [2.75, 3.05) is 19.7 Å². The summed E-state index contributed by atoms with van der Waals surface area (Å²) in [5.74, 6) is -3.12. The summed E-state index contributed by atoms with van der Waals surface area (Å²) in [5, 5.41) is 2.17. The van der Waals surface area contributed by atoms with Crippen LogP contribution in [0.5, 0.6) is 0 Å². The number of nitrogens with one attached hydrogen (secondary N) is 1. The van der Waals surface area contributed by atoms with Gasteiger partial charge in [0.25, 0.3) is 5.92 Å². The van der Waals surface area contributed by atoms with E-state index in [9.17, 15) is 18.4 Å². The Morgan fingerprint density at radius 3 is 2.69 bits per heavy atom. The Kier molecular flexibility index (Phi) is 7.17. The van der Waals surface area contributed by atoms with Crippen LogP contribution in [0.1, 0.15) is 31.7 Å². The number of rotatable bonds is 6. The molecule has 1 saturated heterocycles. The van der Waals surface area contributed by atoms with Gasteiger partial charge in [0, 0.05) is 13.0 Å². The number of benzene rings is 1. The van der Waals surface area contributed by atoms with Crippen LogP contribution >= 0.6 is 0 Å². The van der Waals surface area contributed by atoms with Gasteiger partial charge in [-0.15, -0.1) is 0 Å². The average Bonchev–Trinajstić information content (AvgIpc) is 2.62. The third kappa shape index (κ3) is 5.86. The molecule has 144 valence electrons. The Morgan fingerprint density at radius 1 is 1.27 bits per heavy atom. The summed E-state index contributed by atoms with van der Waals surface area (Å²) < 4.78 is 38.2. The summed E-state index contributed by atoms with van der Waals surface area (Å²) >= 11 is 0. The lowest BCUT2D eigenvalue weighted by Gasteiger charge is -2.37. The second-order valence-corrected chi connectivity index (χ2v) is 6.18. The Balaban J connectivity index is 1.86. The molecule has 1 fully saturated rings. The lowest BCUT2D eigenvalue weighted by atomic mass is 10.0. The van der Waals surface area contributed by atoms with E-state index in [4.69, 9.17) is 9.47 Å². The number of unbranched alkanes of at least 4 members (excludes halogenated alkanes) is 1. The largest absolute Gasteiger partial charge is 0.449 e. The molecular weight excluding hydrogens is 346 g/mol. The number of nitrogens with zero attached hydrogens (tertiary/aromatic N) is 1. The van der Waals surface area contributed by atoms with Crippen molar-refractivity contribution in [3.8, 4) is 0 Å². The highest BCUT2D eigenvalue weighted by Crippen LogP contribution is 2.29. The number of hydrogen-bond donors (Lipinski definition) is 1. The minimum Gasteiger partial charge on any atom is -0.449 e. The van der Waals surface area contributed by atoms with Crippen LogP contribution < -0.4 is 5.32 Å². The number of piperidine rings is 1. The van der Waals surface area contributed by atoms with Gasteiger partial charge in [0.15, 0.2) is 0 Å². The van der Waals surface area contributed by atoms with E-state index >= 15 is 0 Å². The zero-order chi connectivity index (χ0) is 19.0. The number of likely N-dealkylation sites (tertiary alicyclic amines) is 1. The molecule has 1 aromatic carbocycles. The zero-order valence-corrected chi connectivity index (χ0v) is 14.7. The molecule has 0 aliphatic carbocycles. The highest BCUT2D eigenvalue weighted by atomic mass is 19.3. The Hall–Kier alpha value is -2.38. The number of carbonyl (C=O) groups is 2. The van der Waals surface area contributed by atoms with E-state index in [2.05, 4.69) is 5.32 Å². The quantitative estimate of drug-likeness (QED) is 0.778. The molecule has 26 heavy (non-hydrogen) atoms. The first kappa shape index (κ1) is 19.9. The minimum atomic E-state index is -3.12. The number of amides is 2. The van der Waals surface area contributed by atoms with Crippen LogP contribution in [0.4, 0.5) is 18.4 Å². The van der Waals surface area contributed by atoms with Crippen molar-refractivity contribution in [2.24, 2.45) is 0 Å². The summed E-state index contributed by atoms with van der Waals surface area (Å²) in [6, 6.07) is 7.40. The first-order chi connectivity index (χ1) is 12.4. The second-order valence-electron chi connectivity index (χ2n) is 6.18. The van der Waals surface area contributed by atoms with Crippen molar-refractivity contribution in [1.82, 2.24) is 10.2 Å². The zero-order valence-electron chi connectivity index (χ0n) is 14.7. The smallest absolute Gasteiger partial charge is 0.409 e. The van der Waals surface area contributed by atoms with Crippen LogP contribution in [0.2, 0.25) is 0 Å². The summed E-state index contributed by atoms with van der Waals surface area (Å²) in [5.41, 5.74) is 0.749. The van der Waals surface area contributed by atoms with Crippen molar-refractivity contribution < 1.29 is 27.8 Å². The summed E-state index contributed by atoms with van der Waals surface area (Å²) in [4.78, 5) is 25.0. The molecule has 0 aromatic heterocycles. The molecule has 1 unspecified atom stereocenters. The Morgan fingerprint density at radius 2 is 2.00 bits per heavy atom. The van der Waals surface area contributed by atoms with E-state index in [0.29, 0.717) is 6.42 Å². The first-order valence-electron chi connectivity index (χ1n) is 8.69. The molecule has 0 radical (unpaired) electrons. The van der Waals surface area contributed by atoms with Gasteiger partial charge in [0.1, 0.15) is 12.6 Å². The van der Waals surface area contributed by atoms with E-state index in [1.54, 1.807) is 24.3 Å². The summed E-state index contributed by atoms with van der Waals surface area (Å²) in [6.45, 7) is 1.75. The van der Waals surface area contributed by atoms with E-state index in [0.717, 1.165) is 12.0 Å². The van der Waals surface area contributed by atoms with Gasteiger partial charge >= 0.3 is 12.2 Å². The van der Waals surface area contributed by atoms with Crippen LogP contribution in [0, 0.1) is 0 Å². The third-order valence-corrected chi connectivity index (χ3v) is 4.11. The molecule has 0 spiro atoms. The molecule has 2 amide bonds. The molecule has 1 atom stereocenters. The fourth-order valence-corrected chi connectivity index (χ4v) is 2.52. The van der Waals surface area contributed by atoms with Gasteiger partial charge in [0.05, 0.1) is 13.2 Å². The Labute approximate surface area is 151 Å². The van der Waals surface area contributed by atoms with Crippen LogP contribution in [0.3, 0.4) is 0 Å². The maximum Gasteiger partial charge on any atom is 0.409 e. The molecule has 6 nitrogen and oxygen atoms in total. The van der Waals surface area contributed by atoms with Crippen molar-refractivity contribution >= 4 is 12.2 Å². The molecule has 1 aliphatic heterocycles. The third-order valence-electron chi connectivity index (χ3n) is 4.11. The summed E-state index contributed by atoms with van der Waals surface area (Å²) in [7, 11) is 0. The van der Waals surface area contributed by atoms with Gasteiger partial charge in [-0.1, -0.05) is 43.7 Å². The average molecular weight is 370 g/mol. The first-order valence-corrected chi connectivity index (χ1v) is 8.69. The SMILES string of the molecule is CCCCOC(=O)N1CCC(F)(F)C(NC(=O)OCc2ccccc2)C1. The lowest BCUT2D eigenvalue weighted by molar-refractivity contribution is -0.0793. The van der Waals surface area contributed by atoms with Gasteiger partial charge in [-0.05, 0) is 12.0 Å². The maximum atomic E-state index is 14.1. The number of ether oxygens (including phenoxy) is 2. The number of hydrogen-bond acceptors (Lipinski definition) is 4. The standard InChI is InChI=1S/C18H24F2N2O4/c1-2-3-11-25-17(24)22-10-9-18(19,20)15(12-22)21-16(23)26-13-14-7-5-4-6-8-14/h4-8,15H,2-3,9-13H2,1H3,(H,21,23). The van der Waals surface area contributed by atoms with E-state index in [-0.39, 0.29) is 26.3 Å². The molecule has 2 rings (SSSR count). The second kappa shape index (κ2) is 9.35. The van der Waals surface area contributed by atoms with Gasteiger partial charge in [-0.3, -0.25) is 0 Å². The molecule has 8 heteroatoms. The number of alkyl carbamates (subject to hydrolysis) is 1. The minimum absolute atomic E-state index is 0.0201. The highest BCUT2D eigenvalue weighted by Gasteiger charge is 2.46. The monoisotopic (exact) mass is 370 g/mol. The number of alkyl halides is 2. The molecule has 1 aliphatic rings. The van der Waals surface area contributed by atoms with Crippen LogP contribution in [0.15, 0.2) is 30.3 Å². The number of carbonyl (C=O) groups excluding carboxylic acids is 2. The predicted octanol–water partition coefficient (Wildman–Crippen LogP) is 3.56. The van der Waals surface area contributed by atoms with Crippen molar-refractivity contribution in [2.45, 2.75) is 44.8 Å². The lowest BCUT2D eigenvalue weighted by Crippen LogP contribution is -2.59. The van der Waals surface area contributed by atoms with Gasteiger partial charge in [-0.2, -0.15) is 0 Å². The van der Waals surface area contributed by atoms with Gasteiger partial charge in [-0.25, -0.2) is 18.4 Å². The molecule has 1 aromatic rings. The van der Waals surface area contributed by atoms with Crippen LogP contribution in [-0.4, -0.2) is 48.7 Å². The highest BCUT2D eigenvalue weighted by molar-refractivity contribution is 5.69. The molecule has 0 saturated carbocycles. The van der Waals surface area contributed by atoms with Crippen LogP contribution in [0.25, 0.3) is 0 Å². The van der Waals surface area contributed by atoms with Crippen molar-refractivity contribution in [1.29, 1.82) is 0 Å². The predicted molar refractivity (Wildman–Crippen MR) is 90.9 cm³/mol. The molecule has 0 bridgehead atoms. The fraction of sp³-hybridized carbons (Fsp3) is 0.556. The summed E-state index contributed by atoms with van der Waals surface area (Å²) in [6.07, 6.45) is -0.552. The molecular formula is C18H24F2N2O4. The van der Waals surface area contributed by atoms with E-state index in [1.807, 2.05) is 13.0 Å². The Bertz CT molecular complexity index is 598. The van der Waals surface area contributed by atoms with Crippen molar-refractivity contribution in [3.63, 3.8) is 0 Å². The molecule has 1 N–H and O–H groups in total. The van der Waals surface area contributed by atoms with Crippen molar-refractivity contribution in [3.05, 3.63) is 35.9 Å². The van der Waals surface area contributed by atoms with E-state index < -0.39 is 30.6 Å². The normalized spacial score (nSPS) is 18.9. The van der Waals surface area contributed by atoms with Gasteiger partial charge in [0.2, 0.25) is 0 Å². The topological polar surface area (TPSA) is 67.9 Å². The van der Waals surface area contributed by atoms with E-state index in [1.165, 1.54) is 4.90 Å². The fourth-order valence-electron chi connectivity index (χ4n) is 2.52.